The lowest BCUT2D eigenvalue weighted by atomic mass is 9.65. The van der Waals surface area contributed by atoms with E-state index in [1.807, 2.05) is 6.92 Å². The zero-order chi connectivity index (χ0) is 154. The second-order valence-electron chi connectivity index (χ2n) is 9.47. The molecule has 5 nitrogen and oxygen atoms in total. The molecule has 0 fully saturated rings. The largest absolute Gasteiger partial charge is 0.303 e. The van der Waals surface area contributed by atoms with Crippen molar-refractivity contribution in [2.75, 3.05) is 0 Å². The molecule has 0 spiro atoms. The van der Waals surface area contributed by atoms with Gasteiger partial charge in [-0.25, -0.2) is 23.6 Å². The number of para-hydroxylation sites is 1. The number of aromatic nitrogens is 3. The highest BCUT2D eigenvalue weighted by atomic mass is 19.1. The number of fused-ring (bicyclic) bond motifs is 4. The molecule has 0 saturated heterocycles. The van der Waals surface area contributed by atoms with Crippen LogP contribution in [0.5, 0.6) is 0 Å². The minimum Gasteiger partial charge on any atom is -0.303 e. The van der Waals surface area contributed by atoms with Crippen molar-refractivity contribution >= 4 is 16.7 Å². The van der Waals surface area contributed by atoms with E-state index in [-0.39, 0.29) is 17.0 Å². The molecule has 0 radical (unpaired) electrons. The fourth-order valence-corrected chi connectivity index (χ4v) is 5.62. The number of benzene rings is 2. The summed E-state index contributed by atoms with van der Waals surface area (Å²) in [5.41, 5.74) is 3.56. The normalized spacial score (nSPS) is 32.6. The van der Waals surface area contributed by atoms with E-state index in [4.69, 9.17) is 207 Å². The molecule has 2 aromatic carbocycles. The predicted molar refractivity (Wildman–Crippen MR) is 271 cm³/mol. The van der Waals surface area contributed by atoms with Crippen molar-refractivity contribution in [3.8, 4) is 22.6 Å². The van der Waals surface area contributed by atoms with Gasteiger partial charge in [-0.3, -0.25) is 4.98 Å². The third kappa shape index (κ3) is 3.33. The van der Waals surface area contributed by atoms with E-state index in [9.17, 15) is 9.18 Å². The molecule has 0 saturated carbocycles. The number of hydrogen-bond donors (Lipinski definition) is 0. The van der Waals surface area contributed by atoms with Gasteiger partial charge in [-0.15, -0.1) is 0 Å². The van der Waals surface area contributed by atoms with Crippen LogP contribution in [0.25, 0.3) is 38.4 Å². The number of rotatable bonds is 2. The Morgan fingerprint density at radius 3 is 2.59 bits per heavy atom. The summed E-state index contributed by atoms with van der Waals surface area (Å²) in [6.07, 6.45) is 4.26. The third-order valence-corrected chi connectivity index (χ3v) is 7.41. The van der Waals surface area contributed by atoms with E-state index in [2.05, 4.69) is 9.83 Å². The van der Waals surface area contributed by atoms with Gasteiger partial charge in [-0.1, -0.05) is 30.3 Å². The second-order valence-corrected chi connectivity index (χ2v) is 9.47. The van der Waals surface area contributed by atoms with Crippen molar-refractivity contribution in [1.82, 2.24) is 15.0 Å². The van der Waals surface area contributed by atoms with Gasteiger partial charge in [0.25, 0.3) is 0 Å². The fraction of sp³-hybridized carbons (Fsp3) is 0.167. The maximum Gasteiger partial charge on any atom is 0.231 e. The molecule has 2 heterocycles. The molecule has 0 bridgehead atoms. The van der Waals surface area contributed by atoms with Gasteiger partial charge in [0.2, 0.25) is 5.70 Å². The topological polar surface area (TPSA) is 60.1 Å². The lowest BCUT2D eigenvalue weighted by Crippen LogP contribution is -2.36. The summed E-state index contributed by atoms with van der Waals surface area (Å²) >= 11 is 0. The van der Waals surface area contributed by atoms with Crippen molar-refractivity contribution < 1.29 is 204 Å². The van der Waals surface area contributed by atoms with E-state index in [1.54, 1.807) is 49.4 Å². The first-order chi connectivity index (χ1) is 81.8. The van der Waals surface area contributed by atoms with Crippen LogP contribution in [0.2, 0.25) is 0 Å². The van der Waals surface area contributed by atoms with Crippen molar-refractivity contribution in [2.24, 2.45) is 0 Å². The van der Waals surface area contributed by atoms with E-state index in [1.165, 1.54) is 18.3 Å². The first kappa shape index (κ1) is 3.11. The molecule has 4 aromatic rings. The first-order valence-corrected chi connectivity index (χ1v) is 11.9. The van der Waals surface area contributed by atoms with Gasteiger partial charge in [-0.05, 0) is 62.1 Å². The van der Waals surface area contributed by atoms with Crippen molar-refractivity contribution in [3.63, 3.8) is 0 Å². The van der Waals surface area contributed by atoms with E-state index < -0.39 is 17.0 Å². The number of carbonyl (C=O) groups is 1. The van der Waals surface area contributed by atoms with E-state index in [0.717, 1.165) is 11.1 Å². The fourth-order valence-electron chi connectivity index (χ4n) is 5.62. The number of nitrogens with zero attached hydrogens (tertiary/aromatic N) is 4. The maximum atomic E-state index is 15.1. The van der Waals surface area contributed by atoms with Crippen LogP contribution in [-0.2, 0) is 16.6 Å². The highest BCUT2D eigenvalue weighted by molar-refractivity contribution is 6.11. The molecular formula is C30H148F2N4O. The van der Waals surface area contributed by atoms with E-state index >= 15 is 4.39 Å². The molecule has 2 aliphatic rings. The average Bonchev–Trinajstić information content (AvgIpc) is 0.717. The van der Waals surface area contributed by atoms with Gasteiger partial charge in [0.05, 0.1) is 18.0 Å². The van der Waals surface area contributed by atoms with Crippen LogP contribution in [0, 0.1) is 18.2 Å². The number of halogens is 2. The van der Waals surface area contributed by atoms with Gasteiger partial charge in [-0.2, -0.15) is 0 Å². The number of Topliss-reactive ketones (excluding diaryl/α,β-unsaturated/α-hetero) is 1. The highest BCUT2D eigenvalue weighted by Gasteiger charge is 2.43. The quantitative estimate of drug-likeness (QED) is 0.188. The standard InChI is InChI=1S/C30H20F2N4O.64H2/c1-16-21-12-11-20-25(19-7-4-5-9-22(19)31)35-29(18-13-14-34-26-17(18)8-6-10-23(26)32)36-28(20)30(21,2)15-24(33-3)27(16)37;;;;;;;;;;;;;;;;;;;;;;;;;;;;;;;;;;;;;;;;;;;;;;;;;;;;;;;;;;;;;;;;/h4-10,13-15H,11-12H2,1-2H3;64*1H/t30-;;;;;;;;;;;;;;;;;;;;;;;;;;;;;;;;;;;;;;;;;;;;;;;;;;;;;;;;;;;;;;;;/m1................................................................/s1/i;64*1+2T. The molecule has 1 atom stereocenters. The summed E-state index contributed by atoms with van der Waals surface area (Å²) < 4.78 is 670. The number of hydrogen-bond acceptors (Lipinski definition) is 4. The number of carbonyl (C=O) groups excluding carboxylic acids is 1. The van der Waals surface area contributed by atoms with Crippen molar-refractivity contribution in [3.05, 3.63) is 112 Å². The predicted octanol–water partition coefficient (Wildman–Crippen LogP) is 22.3. The Balaban J connectivity index is -0.0000000134. The summed E-state index contributed by atoms with van der Waals surface area (Å²) in [5, 5.41) is 0.533. The van der Waals surface area contributed by atoms with Crippen LogP contribution < -0.4 is 0 Å². The third-order valence-electron chi connectivity index (χ3n) is 7.41. The smallest absolute Gasteiger partial charge is 0.231 e. The number of allylic oxidation sites excluding steroid dienone is 3. The monoisotopic (exact) mass is 876 g/mol. The Labute approximate surface area is 409 Å². The molecule has 0 unspecified atom stereocenters. The van der Waals surface area contributed by atoms with Gasteiger partial charge in [0, 0.05) is 224 Å². The molecular weight excluding hydrogens is 470 g/mol. The molecule has 37 heavy (non-hydrogen) atoms. The molecule has 0 N–H and O–H groups in total. The average molecular weight is 877 g/mol. The first-order valence-electron chi connectivity index (χ1n) is 75.9. The van der Waals surface area contributed by atoms with Crippen molar-refractivity contribution in [2.45, 2.75) is 32.1 Å². The molecule has 2 aromatic heterocycles. The van der Waals surface area contributed by atoms with Gasteiger partial charge in [0.15, 0.2) is 11.6 Å². The zero-order valence-electron chi connectivity index (χ0n) is 148. The van der Waals surface area contributed by atoms with Crippen LogP contribution in [0.1, 0.15) is 222 Å². The van der Waals surface area contributed by atoms with Crippen molar-refractivity contribution in [1.29, 1.82) is 0 Å². The minimum atomic E-state index is -0.850. The molecule has 308 valence electrons. The Kier molecular flexibility index (Phi) is 0.693. The summed E-state index contributed by atoms with van der Waals surface area (Å²) in [5.74, 6) is -0.858. The summed E-state index contributed by atoms with van der Waals surface area (Å²) in [4.78, 5) is 30.3. The molecule has 0 aliphatic heterocycles. The summed E-state index contributed by atoms with van der Waals surface area (Å²) in [7, 11) is 0. The Morgan fingerprint density at radius 2 is 1.81 bits per heavy atom. The van der Waals surface area contributed by atoms with Crippen LogP contribution in [0.15, 0.2) is 77.6 Å². The number of pyridine rings is 1. The second kappa shape index (κ2) is 8.24. The van der Waals surface area contributed by atoms with Crippen LogP contribution >= 0.6 is 0 Å². The molecule has 2 aliphatic carbocycles. The molecule has 0 amide bonds. The molecule has 6 rings (SSSR count). The summed E-state index contributed by atoms with van der Waals surface area (Å²) in [6.45, 7) is 11.3. The Bertz CT molecular complexity index is 1890. The SMILES string of the molecule is [3H][3H].[3H][3H].[3H][3H].[3H][3H].[3H][3H].[3H][3H].[3H][3H].[3H][3H].[3H][3H].[3H][3H].[3H][3H].[3H][3H].[3H][3H].[3H][3H].[3H][3H].[3H][3H].[3H][3H].[3H][3H].[3H][3H].[3H][3H].[3H][3H].[3H][3H].[3H][3H].[3H][3H].[3H][3H].[3H][3H].[3H][3H].[3H][3H].[3H][3H].[3H][3H].[3H][3H].[3H][3H].[3H][3H].[3H][3H].[3H][3H].[3H][3H].[3H][3H].[3H][3H].[3H][3H].[3H][3H].[3H][3H].[3H][3H].[3H][3H].[3H][3H].[3H][3H].[3H][3H].[3H][3H].[3H][3H].[3H][3H].[3H][3H].[3H][3H].[3H][3H].[3H][3H].[3H][3H].[3H][3H].[3H][3H].[3H][3H].[3H][3H].[3H][3H].[3H][3H].[3H][3H].[3H][3H].[3H][3H].[3H][3H].[C-]#[N+]C1=C[C@]2(C)C(=C(C)C1=O)CCc1c(-c3ccccc3F)nc(-c3ccnc4c(F)cccc34)nc12. The maximum absolute atomic E-state index is 15.1. The summed E-state index contributed by atoms with van der Waals surface area (Å²) in [6, 6.07) is 12.8. The lowest BCUT2D eigenvalue weighted by molar-refractivity contribution is -0.112. The zero-order valence-corrected chi connectivity index (χ0v) is 20.1. The Hall–Kier alpha value is -4.57. The minimum absolute atomic E-state index is 0.0423. The molecule has 7 heteroatoms. The number of ketones is 1. The van der Waals surface area contributed by atoms with E-state index in [0.29, 0.717) is 52.1 Å². The lowest BCUT2D eigenvalue weighted by Gasteiger charge is -2.39. The Morgan fingerprint density at radius 1 is 1.03 bits per heavy atom. The highest BCUT2D eigenvalue weighted by Crippen LogP contribution is 2.49. The van der Waals surface area contributed by atoms with Gasteiger partial charge >= 0.3 is 0 Å². The van der Waals surface area contributed by atoms with Crippen LogP contribution in [0.4, 0.5) is 8.78 Å². The van der Waals surface area contributed by atoms with Crippen LogP contribution in [-0.4, -0.2) is 20.7 Å². The van der Waals surface area contributed by atoms with Crippen LogP contribution in [0.3, 0.4) is 0 Å². The van der Waals surface area contributed by atoms with Gasteiger partial charge < -0.3 is 4.79 Å². The van der Waals surface area contributed by atoms with Gasteiger partial charge in [0.1, 0.15) is 17.2 Å².